The number of pyridine rings is 1. The van der Waals surface area contributed by atoms with E-state index in [-0.39, 0.29) is 0 Å². The molecule has 0 bridgehead atoms. The van der Waals surface area contributed by atoms with Crippen molar-refractivity contribution >= 4 is 11.8 Å². The first-order chi connectivity index (χ1) is 10.3. The Morgan fingerprint density at radius 3 is 2.86 bits per heavy atom. The smallest absolute Gasteiger partial charge is 0.214 e. The molecule has 0 saturated heterocycles. The predicted octanol–water partition coefficient (Wildman–Crippen LogP) is 2.97. The number of aromatic nitrogens is 5. The molecule has 0 unspecified atom stereocenters. The van der Waals surface area contributed by atoms with Crippen molar-refractivity contribution in [1.29, 1.82) is 0 Å². The summed E-state index contributed by atoms with van der Waals surface area (Å²) in [6.07, 6.45) is 3.63. The molecule has 21 heavy (non-hydrogen) atoms. The van der Waals surface area contributed by atoms with E-state index in [9.17, 15) is 0 Å². The summed E-state index contributed by atoms with van der Waals surface area (Å²) in [5.74, 6) is 0.791. The van der Waals surface area contributed by atoms with E-state index in [0.717, 1.165) is 22.2 Å². The highest BCUT2D eigenvalue weighted by atomic mass is 32.2. The zero-order chi connectivity index (χ0) is 14.7. The molecular formula is C15H15N5S. The standard InChI is InChI=1S/C15H15N5S/c1-11-5-3-7-14(12(11)2)20-15(17-18-19-20)21-10-13-6-4-8-16-9-13/h3-9H,10H2,1-2H3. The number of hydrogen-bond donors (Lipinski definition) is 0. The molecule has 1 aromatic carbocycles. The van der Waals surface area contributed by atoms with Crippen molar-refractivity contribution in [3.05, 3.63) is 59.4 Å². The molecule has 106 valence electrons. The first-order valence-corrected chi connectivity index (χ1v) is 7.61. The van der Waals surface area contributed by atoms with Crippen LogP contribution in [0.5, 0.6) is 0 Å². The van der Waals surface area contributed by atoms with Gasteiger partial charge in [0.15, 0.2) is 0 Å². The van der Waals surface area contributed by atoms with Crippen LogP contribution in [0.25, 0.3) is 5.69 Å². The average molecular weight is 297 g/mol. The van der Waals surface area contributed by atoms with Crippen LogP contribution in [0, 0.1) is 13.8 Å². The molecule has 2 aromatic heterocycles. The molecule has 0 amide bonds. The van der Waals surface area contributed by atoms with Crippen LogP contribution < -0.4 is 0 Å². The zero-order valence-corrected chi connectivity index (χ0v) is 12.7. The van der Waals surface area contributed by atoms with E-state index >= 15 is 0 Å². The number of hydrogen-bond acceptors (Lipinski definition) is 5. The van der Waals surface area contributed by atoms with Crippen molar-refractivity contribution in [1.82, 2.24) is 25.2 Å². The van der Waals surface area contributed by atoms with E-state index < -0.39 is 0 Å². The Morgan fingerprint density at radius 2 is 2.05 bits per heavy atom. The molecule has 3 rings (SSSR count). The van der Waals surface area contributed by atoms with Gasteiger partial charge in [0.2, 0.25) is 5.16 Å². The minimum atomic E-state index is 0.785. The lowest BCUT2D eigenvalue weighted by Crippen LogP contribution is -2.02. The monoisotopic (exact) mass is 297 g/mol. The highest BCUT2D eigenvalue weighted by Gasteiger charge is 2.12. The van der Waals surface area contributed by atoms with Crippen LogP contribution in [0.2, 0.25) is 0 Å². The predicted molar refractivity (Wildman–Crippen MR) is 82.4 cm³/mol. The van der Waals surface area contributed by atoms with Crippen LogP contribution in [-0.2, 0) is 5.75 Å². The molecule has 0 fully saturated rings. The Labute approximate surface area is 127 Å². The summed E-state index contributed by atoms with van der Waals surface area (Å²) >= 11 is 1.60. The molecule has 0 aliphatic heterocycles. The molecule has 3 aromatic rings. The normalized spacial score (nSPS) is 10.8. The quantitative estimate of drug-likeness (QED) is 0.693. The molecule has 0 aliphatic carbocycles. The van der Waals surface area contributed by atoms with Crippen molar-refractivity contribution in [2.45, 2.75) is 24.8 Å². The van der Waals surface area contributed by atoms with Crippen molar-refractivity contribution in [3.8, 4) is 5.69 Å². The summed E-state index contributed by atoms with van der Waals surface area (Å²) in [4.78, 5) is 4.12. The first-order valence-electron chi connectivity index (χ1n) is 6.62. The SMILES string of the molecule is Cc1cccc(-n2nnnc2SCc2cccnc2)c1C. The second kappa shape index (κ2) is 6.05. The Hall–Kier alpha value is -2.21. The van der Waals surface area contributed by atoms with E-state index in [2.05, 4.69) is 40.4 Å². The number of thioether (sulfide) groups is 1. The topological polar surface area (TPSA) is 56.5 Å². The number of aryl methyl sites for hydroxylation is 1. The van der Waals surface area contributed by atoms with Gasteiger partial charge in [-0.05, 0) is 53.1 Å². The summed E-state index contributed by atoms with van der Waals surface area (Å²) in [5.41, 5.74) is 4.59. The third-order valence-electron chi connectivity index (χ3n) is 3.34. The largest absolute Gasteiger partial charge is 0.264 e. The number of tetrazole rings is 1. The third-order valence-corrected chi connectivity index (χ3v) is 4.33. The fourth-order valence-electron chi connectivity index (χ4n) is 2.02. The second-order valence-electron chi connectivity index (χ2n) is 4.74. The summed E-state index contributed by atoms with van der Waals surface area (Å²) < 4.78 is 1.80. The van der Waals surface area contributed by atoms with Gasteiger partial charge in [0.25, 0.3) is 0 Å². The molecular weight excluding hydrogens is 282 g/mol. The Kier molecular flexibility index (Phi) is 3.96. The average Bonchev–Trinajstić information content (AvgIpc) is 2.97. The van der Waals surface area contributed by atoms with E-state index in [1.54, 1.807) is 22.6 Å². The zero-order valence-electron chi connectivity index (χ0n) is 11.9. The minimum absolute atomic E-state index is 0.785. The van der Waals surface area contributed by atoms with Crippen LogP contribution in [0.4, 0.5) is 0 Å². The number of rotatable bonds is 4. The van der Waals surface area contributed by atoms with Gasteiger partial charge >= 0.3 is 0 Å². The summed E-state index contributed by atoms with van der Waals surface area (Å²) in [6.45, 7) is 4.17. The maximum Gasteiger partial charge on any atom is 0.214 e. The lowest BCUT2D eigenvalue weighted by Gasteiger charge is -2.09. The summed E-state index contributed by atoms with van der Waals surface area (Å²) in [7, 11) is 0. The van der Waals surface area contributed by atoms with Crippen LogP contribution in [0.1, 0.15) is 16.7 Å². The Bertz CT molecular complexity index is 739. The molecule has 0 saturated carbocycles. The van der Waals surface area contributed by atoms with Crippen molar-refractivity contribution < 1.29 is 0 Å². The van der Waals surface area contributed by atoms with E-state index in [1.165, 1.54) is 11.1 Å². The van der Waals surface area contributed by atoms with Crippen molar-refractivity contribution in [3.63, 3.8) is 0 Å². The molecule has 0 radical (unpaired) electrons. The van der Waals surface area contributed by atoms with Gasteiger partial charge in [-0.25, -0.2) is 0 Å². The maximum absolute atomic E-state index is 4.12. The summed E-state index contributed by atoms with van der Waals surface area (Å²) in [6, 6.07) is 10.1. The van der Waals surface area contributed by atoms with Crippen LogP contribution in [0.15, 0.2) is 47.9 Å². The van der Waals surface area contributed by atoms with Gasteiger partial charge in [-0.1, -0.05) is 30.0 Å². The van der Waals surface area contributed by atoms with E-state index in [4.69, 9.17) is 0 Å². The lowest BCUT2D eigenvalue weighted by atomic mass is 10.1. The lowest BCUT2D eigenvalue weighted by molar-refractivity contribution is 0.751. The molecule has 0 aliphatic rings. The Morgan fingerprint density at radius 1 is 1.14 bits per heavy atom. The number of nitrogens with zero attached hydrogens (tertiary/aromatic N) is 5. The first kappa shape index (κ1) is 13.8. The van der Waals surface area contributed by atoms with Gasteiger partial charge in [0.05, 0.1) is 5.69 Å². The van der Waals surface area contributed by atoms with Crippen molar-refractivity contribution in [2.24, 2.45) is 0 Å². The molecule has 0 atom stereocenters. The molecule has 0 spiro atoms. The molecule has 2 heterocycles. The van der Waals surface area contributed by atoms with Crippen LogP contribution in [-0.4, -0.2) is 25.2 Å². The molecule has 0 N–H and O–H groups in total. The van der Waals surface area contributed by atoms with Gasteiger partial charge in [-0.15, -0.1) is 5.10 Å². The molecule has 5 nitrogen and oxygen atoms in total. The van der Waals surface area contributed by atoms with Gasteiger partial charge in [0, 0.05) is 18.1 Å². The van der Waals surface area contributed by atoms with Crippen LogP contribution in [0.3, 0.4) is 0 Å². The third kappa shape index (κ3) is 2.95. The van der Waals surface area contributed by atoms with Crippen LogP contribution >= 0.6 is 11.8 Å². The molecule has 6 heteroatoms. The van der Waals surface area contributed by atoms with Gasteiger partial charge in [0.1, 0.15) is 0 Å². The highest BCUT2D eigenvalue weighted by Crippen LogP contribution is 2.24. The summed E-state index contributed by atoms with van der Waals surface area (Å²) in [5, 5.41) is 12.8. The van der Waals surface area contributed by atoms with Gasteiger partial charge in [-0.3, -0.25) is 4.98 Å². The number of benzene rings is 1. The maximum atomic E-state index is 4.12. The minimum Gasteiger partial charge on any atom is -0.264 e. The van der Waals surface area contributed by atoms with Gasteiger partial charge in [-0.2, -0.15) is 4.68 Å². The Balaban J connectivity index is 1.86. The van der Waals surface area contributed by atoms with Gasteiger partial charge < -0.3 is 0 Å². The highest BCUT2D eigenvalue weighted by molar-refractivity contribution is 7.98. The van der Waals surface area contributed by atoms with E-state index in [0.29, 0.717) is 0 Å². The van der Waals surface area contributed by atoms with Crippen molar-refractivity contribution in [2.75, 3.05) is 0 Å². The fraction of sp³-hybridized carbons (Fsp3) is 0.200. The van der Waals surface area contributed by atoms with E-state index in [1.807, 2.05) is 30.5 Å². The second-order valence-corrected chi connectivity index (χ2v) is 5.68. The fourth-order valence-corrected chi connectivity index (χ4v) is 2.83.